The van der Waals surface area contributed by atoms with E-state index in [2.05, 4.69) is 6.58 Å². The molecule has 16 heavy (non-hydrogen) atoms. The minimum absolute atomic E-state index is 0.165. The summed E-state index contributed by atoms with van der Waals surface area (Å²) in [5.74, 6) is 0.856. The van der Waals surface area contributed by atoms with Gasteiger partial charge in [0, 0.05) is 12.1 Å². The van der Waals surface area contributed by atoms with Crippen LogP contribution >= 0.6 is 0 Å². The van der Waals surface area contributed by atoms with E-state index in [4.69, 9.17) is 14.1 Å². The molecule has 0 atom stereocenters. The summed E-state index contributed by atoms with van der Waals surface area (Å²) in [7, 11) is 3.13. The molecule has 0 saturated carbocycles. The lowest BCUT2D eigenvalue weighted by molar-refractivity contribution is -0.138. The van der Waals surface area contributed by atoms with Crippen molar-refractivity contribution in [3.05, 3.63) is 36.4 Å². The van der Waals surface area contributed by atoms with Gasteiger partial charge in [0.25, 0.3) is 0 Å². The van der Waals surface area contributed by atoms with Gasteiger partial charge in [0.1, 0.15) is 18.1 Å². The lowest BCUT2D eigenvalue weighted by Gasteiger charge is -2.08. The molecule has 4 nitrogen and oxygen atoms in total. The van der Waals surface area contributed by atoms with E-state index in [9.17, 15) is 4.79 Å². The average molecular weight is 220 g/mol. The minimum atomic E-state index is -0.457. The lowest BCUT2D eigenvalue weighted by atomic mass is 10.2. The Morgan fingerprint density at radius 1 is 1.44 bits per heavy atom. The SMILES string of the molecule is BOc1cc(COC(=O)C=C)cc(OC)c1. The first kappa shape index (κ1) is 12.2. The summed E-state index contributed by atoms with van der Waals surface area (Å²) in [6.07, 6.45) is 1.12. The fourth-order valence-electron chi connectivity index (χ4n) is 1.16. The van der Waals surface area contributed by atoms with Crippen LogP contribution in [0, 0.1) is 0 Å². The highest BCUT2D eigenvalue weighted by molar-refractivity contribution is 6.00. The molecule has 0 heterocycles. The number of carbonyl (C=O) groups excluding carboxylic acids is 1. The van der Waals surface area contributed by atoms with Crippen molar-refractivity contribution in [1.29, 1.82) is 0 Å². The third-order valence-corrected chi connectivity index (χ3v) is 1.96. The number of hydrogen-bond donors (Lipinski definition) is 0. The molecule has 0 amide bonds. The van der Waals surface area contributed by atoms with Crippen molar-refractivity contribution in [2.75, 3.05) is 7.11 Å². The summed E-state index contributed by atoms with van der Waals surface area (Å²) in [6, 6.07) is 5.30. The monoisotopic (exact) mass is 220 g/mol. The number of carbonyl (C=O) groups is 1. The van der Waals surface area contributed by atoms with Crippen LogP contribution in [0.3, 0.4) is 0 Å². The Labute approximate surface area is 95.3 Å². The van der Waals surface area contributed by atoms with E-state index in [0.29, 0.717) is 11.5 Å². The van der Waals surface area contributed by atoms with Crippen molar-refractivity contribution < 1.29 is 18.9 Å². The fourth-order valence-corrected chi connectivity index (χ4v) is 1.16. The van der Waals surface area contributed by atoms with Gasteiger partial charge in [-0.05, 0) is 17.7 Å². The largest absolute Gasteiger partial charge is 0.568 e. The molecule has 0 aromatic heterocycles. The Hall–Kier alpha value is -1.91. The van der Waals surface area contributed by atoms with Gasteiger partial charge in [-0.2, -0.15) is 0 Å². The van der Waals surface area contributed by atoms with Gasteiger partial charge in [-0.3, -0.25) is 0 Å². The molecular formula is C11H13BO4. The van der Waals surface area contributed by atoms with Crippen LogP contribution in [0.1, 0.15) is 5.56 Å². The number of benzene rings is 1. The van der Waals surface area contributed by atoms with E-state index in [-0.39, 0.29) is 6.61 Å². The number of rotatable bonds is 5. The number of hydrogen-bond acceptors (Lipinski definition) is 4. The molecule has 0 aliphatic rings. The maximum absolute atomic E-state index is 10.9. The van der Waals surface area contributed by atoms with Crippen LogP contribution in [0.4, 0.5) is 0 Å². The second-order valence-corrected chi connectivity index (χ2v) is 3.03. The van der Waals surface area contributed by atoms with Gasteiger partial charge in [-0.25, -0.2) is 4.79 Å². The van der Waals surface area contributed by atoms with Crippen LogP contribution in [0.5, 0.6) is 11.5 Å². The van der Waals surface area contributed by atoms with Crippen LogP contribution < -0.4 is 9.39 Å². The Morgan fingerprint density at radius 2 is 2.12 bits per heavy atom. The average Bonchev–Trinajstić information content (AvgIpc) is 2.35. The van der Waals surface area contributed by atoms with Gasteiger partial charge in [0.15, 0.2) is 0 Å². The predicted molar refractivity (Wildman–Crippen MR) is 62.2 cm³/mol. The maximum atomic E-state index is 10.9. The second kappa shape index (κ2) is 5.85. The van der Waals surface area contributed by atoms with E-state index >= 15 is 0 Å². The van der Waals surface area contributed by atoms with Gasteiger partial charge in [0.05, 0.1) is 7.11 Å². The predicted octanol–water partition coefficient (Wildman–Crippen LogP) is 0.851. The Balaban J connectivity index is 2.78. The first-order valence-corrected chi connectivity index (χ1v) is 4.70. The van der Waals surface area contributed by atoms with Crippen LogP contribution in [-0.4, -0.2) is 21.1 Å². The number of ether oxygens (including phenoxy) is 2. The van der Waals surface area contributed by atoms with E-state index in [1.807, 2.05) is 0 Å². The summed E-state index contributed by atoms with van der Waals surface area (Å²) in [5, 5.41) is 0. The summed E-state index contributed by atoms with van der Waals surface area (Å²) < 4.78 is 15.1. The van der Waals surface area contributed by atoms with Gasteiger partial charge in [-0.1, -0.05) is 6.58 Å². The van der Waals surface area contributed by atoms with Crippen LogP contribution in [0.15, 0.2) is 30.9 Å². The first-order valence-electron chi connectivity index (χ1n) is 4.70. The second-order valence-electron chi connectivity index (χ2n) is 3.03. The molecule has 84 valence electrons. The highest BCUT2D eigenvalue weighted by atomic mass is 16.5. The van der Waals surface area contributed by atoms with Crippen molar-refractivity contribution in [3.63, 3.8) is 0 Å². The molecule has 0 N–H and O–H groups in total. The third-order valence-electron chi connectivity index (χ3n) is 1.96. The molecule has 0 unspecified atom stereocenters. The molecule has 1 aromatic carbocycles. The lowest BCUT2D eigenvalue weighted by Crippen LogP contribution is -2.01. The molecule has 0 fully saturated rings. The molecule has 1 aromatic rings. The quantitative estimate of drug-likeness (QED) is 0.419. The third kappa shape index (κ3) is 3.35. The Morgan fingerprint density at radius 3 is 2.69 bits per heavy atom. The summed E-state index contributed by atoms with van der Waals surface area (Å²) in [4.78, 5) is 10.9. The van der Waals surface area contributed by atoms with E-state index in [1.165, 1.54) is 0 Å². The summed E-state index contributed by atoms with van der Waals surface area (Å²) >= 11 is 0. The molecule has 0 spiro atoms. The van der Waals surface area contributed by atoms with Crippen molar-refractivity contribution in [1.82, 2.24) is 0 Å². The fraction of sp³-hybridized carbons (Fsp3) is 0.182. The zero-order chi connectivity index (χ0) is 12.0. The van der Waals surface area contributed by atoms with E-state index in [1.54, 1.807) is 33.4 Å². The van der Waals surface area contributed by atoms with Crippen molar-refractivity contribution in [2.45, 2.75) is 6.61 Å². The Bertz CT molecular complexity index is 367. The molecular weight excluding hydrogens is 207 g/mol. The standard InChI is InChI=1S/C11H13BO4/c1-3-11(13)15-7-8-4-9(14-2)6-10(5-8)16-12/h3-6H,1,7,12H2,2H3. The topological polar surface area (TPSA) is 44.8 Å². The molecule has 0 aliphatic heterocycles. The van der Waals surface area contributed by atoms with Gasteiger partial charge >= 0.3 is 14.0 Å². The summed E-state index contributed by atoms with van der Waals surface area (Å²) in [5.41, 5.74) is 0.798. The van der Waals surface area contributed by atoms with Gasteiger partial charge in [-0.15, -0.1) is 0 Å². The molecule has 0 aliphatic carbocycles. The highest BCUT2D eigenvalue weighted by Crippen LogP contribution is 2.22. The van der Waals surface area contributed by atoms with Crippen LogP contribution in [0.2, 0.25) is 0 Å². The van der Waals surface area contributed by atoms with Crippen LogP contribution in [0.25, 0.3) is 0 Å². The van der Waals surface area contributed by atoms with Crippen molar-refractivity contribution in [2.24, 2.45) is 0 Å². The smallest absolute Gasteiger partial charge is 0.330 e. The van der Waals surface area contributed by atoms with E-state index < -0.39 is 5.97 Å². The van der Waals surface area contributed by atoms with Gasteiger partial charge < -0.3 is 14.1 Å². The number of methoxy groups -OCH3 is 1. The first-order chi connectivity index (χ1) is 7.69. The normalized spacial score (nSPS) is 9.31. The zero-order valence-electron chi connectivity index (χ0n) is 9.36. The molecule has 0 radical (unpaired) electrons. The van der Waals surface area contributed by atoms with Gasteiger partial charge in [0.2, 0.25) is 0 Å². The number of esters is 1. The minimum Gasteiger partial charge on any atom is -0.568 e. The maximum Gasteiger partial charge on any atom is 0.330 e. The molecule has 0 saturated heterocycles. The summed E-state index contributed by atoms with van der Waals surface area (Å²) in [6.45, 7) is 3.48. The zero-order valence-corrected chi connectivity index (χ0v) is 9.36. The Kier molecular flexibility index (Phi) is 4.45. The van der Waals surface area contributed by atoms with Crippen molar-refractivity contribution >= 4 is 14.0 Å². The molecule has 0 bridgehead atoms. The van der Waals surface area contributed by atoms with Crippen LogP contribution in [-0.2, 0) is 16.1 Å². The van der Waals surface area contributed by atoms with E-state index in [0.717, 1.165) is 11.6 Å². The molecule has 1 rings (SSSR count). The highest BCUT2D eigenvalue weighted by Gasteiger charge is 2.03. The van der Waals surface area contributed by atoms with Crippen molar-refractivity contribution in [3.8, 4) is 11.5 Å². The molecule has 5 heteroatoms.